The molecular weight excluding hydrogens is 490 g/mol. The van der Waals surface area contributed by atoms with Crippen LogP contribution in [0.1, 0.15) is 20.7 Å². The molecule has 2 aromatic carbocycles. The fraction of sp³-hybridized carbons (Fsp3) is 0. The van der Waals surface area contributed by atoms with Crippen molar-refractivity contribution in [2.24, 2.45) is 0 Å². The molecule has 0 radical (unpaired) electrons. The van der Waals surface area contributed by atoms with Gasteiger partial charge in [-0.2, -0.15) is 0 Å². The van der Waals surface area contributed by atoms with E-state index in [1.54, 1.807) is 0 Å². The monoisotopic (exact) mass is 496 g/mol. The third-order valence-corrected chi connectivity index (χ3v) is 5.98. The van der Waals surface area contributed by atoms with Gasteiger partial charge in [-0.1, -0.05) is 46.4 Å². The Balaban J connectivity index is 2.36. The summed E-state index contributed by atoms with van der Waals surface area (Å²) in [5, 5.41) is 19.5. The zero-order chi connectivity index (χ0) is 22.6. The van der Waals surface area contributed by atoms with E-state index in [1.165, 1.54) is 18.2 Å². The molecule has 0 aromatic heterocycles. The number of hydrogen-bond acceptors (Lipinski definition) is 5. The molecule has 6 nitrogen and oxygen atoms in total. The van der Waals surface area contributed by atoms with Crippen molar-refractivity contribution in [2.75, 3.05) is 0 Å². The van der Waals surface area contributed by atoms with E-state index >= 15 is 0 Å². The molecule has 0 atom stereocenters. The van der Waals surface area contributed by atoms with Crippen LogP contribution in [0.2, 0.25) is 20.1 Å². The molecule has 0 saturated carbocycles. The number of carboxylic acid groups (broad SMARTS) is 1. The number of phenolic OH excluding ortho intramolecular Hbond substituents is 1. The maximum absolute atomic E-state index is 12.1. The normalized spacial score (nSPS) is 11.2. The molecule has 0 saturated heterocycles. The quantitative estimate of drug-likeness (QED) is 0.251. The van der Waals surface area contributed by atoms with E-state index < -0.39 is 11.4 Å². The maximum atomic E-state index is 12.1. The summed E-state index contributed by atoms with van der Waals surface area (Å²) in [6.45, 7) is 0. The fourth-order valence-corrected chi connectivity index (χ4v) is 4.25. The molecule has 2 aromatic rings. The molecule has 2 N–H and O–H groups in total. The molecule has 0 unspecified atom stereocenters. The van der Waals surface area contributed by atoms with Gasteiger partial charge in [0.15, 0.2) is 6.29 Å². The lowest BCUT2D eigenvalue weighted by atomic mass is 9.89. The minimum Gasteiger partial charge on any atom is -0.506 e. The van der Waals surface area contributed by atoms with Crippen LogP contribution in [0, 0.1) is 0 Å². The first-order valence-corrected chi connectivity index (χ1v) is 9.94. The van der Waals surface area contributed by atoms with Gasteiger partial charge in [0.05, 0.1) is 25.7 Å². The van der Waals surface area contributed by atoms with Gasteiger partial charge in [0.2, 0.25) is 5.43 Å². The number of aromatic carboxylic acids is 1. The molecule has 0 fully saturated rings. The van der Waals surface area contributed by atoms with E-state index in [2.05, 4.69) is 0 Å². The van der Waals surface area contributed by atoms with Crippen LogP contribution in [0.15, 0.2) is 39.5 Å². The number of carboxylic acids is 1. The van der Waals surface area contributed by atoms with Crippen molar-refractivity contribution >= 4 is 69.6 Å². The fourth-order valence-electron chi connectivity index (χ4n) is 3.35. The molecule has 1 heterocycles. The summed E-state index contributed by atoms with van der Waals surface area (Å²) in [4.78, 5) is 35.7. The Morgan fingerprint density at radius 1 is 0.935 bits per heavy atom. The van der Waals surface area contributed by atoms with Crippen molar-refractivity contribution in [2.45, 2.75) is 0 Å². The van der Waals surface area contributed by atoms with E-state index in [4.69, 9.17) is 50.8 Å². The van der Waals surface area contributed by atoms with Crippen LogP contribution >= 0.6 is 46.4 Å². The zero-order valence-corrected chi connectivity index (χ0v) is 18.0. The van der Waals surface area contributed by atoms with Gasteiger partial charge >= 0.3 is 5.97 Å². The second kappa shape index (κ2) is 7.73. The second-order valence-electron chi connectivity index (χ2n) is 6.49. The van der Waals surface area contributed by atoms with Crippen LogP contribution in [0.25, 0.3) is 33.4 Å². The molecule has 0 spiro atoms. The first kappa shape index (κ1) is 21.5. The number of rotatable bonds is 3. The van der Waals surface area contributed by atoms with Crippen LogP contribution in [-0.2, 0) is 0 Å². The molecule has 2 aliphatic rings. The van der Waals surface area contributed by atoms with Gasteiger partial charge in [-0.05, 0) is 18.2 Å². The van der Waals surface area contributed by atoms with E-state index in [0.29, 0.717) is 6.29 Å². The molecular formula is C21H8Cl4O6. The van der Waals surface area contributed by atoms with E-state index in [0.717, 1.165) is 12.1 Å². The van der Waals surface area contributed by atoms with Gasteiger partial charge in [-0.25, -0.2) is 4.79 Å². The number of benzene rings is 3. The van der Waals surface area contributed by atoms with Crippen LogP contribution in [0.5, 0.6) is 5.75 Å². The van der Waals surface area contributed by atoms with Crippen LogP contribution < -0.4 is 5.43 Å². The van der Waals surface area contributed by atoms with Crippen LogP contribution in [0.4, 0.5) is 0 Å². The molecule has 0 amide bonds. The van der Waals surface area contributed by atoms with Crippen molar-refractivity contribution in [3.8, 4) is 28.2 Å². The number of aldehydes is 1. The summed E-state index contributed by atoms with van der Waals surface area (Å²) < 4.78 is 5.74. The van der Waals surface area contributed by atoms with Gasteiger partial charge in [0.1, 0.15) is 17.1 Å². The van der Waals surface area contributed by atoms with Gasteiger partial charge in [-0.15, -0.1) is 0 Å². The maximum Gasteiger partial charge on any atom is 0.337 e. The van der Waals surface area contributed by atoms with Crippen molar-refractivity contribution in [1.29, 1.82) is 0 Å². The molecule has 156 valence electrons. The van der Waals surface area contributed by atoms with Gasteiger partial charge in [-0.3, -0.25) is 9.59 Å². The highest BCUT2D eigenvalue weighted by Crippen LogP contribution is 2.48. The largest absolute Gasteiger partial charge is 0.506 e. The summed E-state index contributed by atoms with van der Waals surface area (Å²) in [6.07, 6.45) is 0.433. The molecule has 1 aliphatic carbocycles. The number of aromatic hydroxyl groups is 1. The standard InChI is InChI=1S/C21H8Cl4O6/c22-10-2-8-15(4-13(10)27)31-16-5-14(28)11(23)3-9(16)17(8)19-18(21(29)30)12(24)1-7(6-26)20(19)25/h1-6,27H,(H,29,30). The van der Waals surface area contributed by atoms with Crippen LogP contribution in [0.3, 0.4) is 0 Å². The highest BCUT2D eigenvalue weighted by Gasteiger charge is 2.28. The molecule has 1 aliphatic heterocycles. The van der Waals surface area contributed by atoms with Crippen molar-refractivity contribution < 1.29 is 24.2 Å². The number of carbonyl (C=O) groups is 2. The summed E-state index contributed by atoms with van der Waals surface area (Å²) in [6, 6.07) is 6.10. The average Bonchev–Trinajstić information content (AvgIpc) is 2.70. The Morgan fingerprint density at radius 3 is 2.29 bits per heavy atom. The molecule has 31 heavy (non-hydrogen) atoms. The summed E-state index contributed by atoms with van der Waals surface area (Å²) in [7, 11) is 0. The van der Waals surface area contributed by atoms with E-state index in [1.807, 2.05) is 0 Å². The number of carbonyl (C=O) groups excluding carboxylic acids is 1. The lowest BCUT2D eigenvalue weighted by molar-refractivity contribution is 0.0697. The highest BCUT2D eigenvalue weighted by molar-refractivity contribution is 6.41. The molecule has 10 heteroatoms. The SMILES string of the molecule is O=Cc1cc(Cl)c(C(=O)O)c(-c2c3cc(Cl)c(=O)cc-3oc3cc(O)c(Cl)cc23)c1Cl. The lowest BCUT2D eigenvalue weighted by Gasteiger charge is -2.19. The predicted molar refractivity (Wildman–Crippen MR) is 119 cm³/mol. The third-order valence-electron chi connectivity index (χ3n) is 4.68. The van der Waals surface area contributed by atoms with Crippen molar-refractivity contribution in [3.05, 3.63) is 71.8 Å². The van der Waals surface area contributed by atoms with E-state index in [-0.39, 0.29) is 70.4 Å². The number of halogens is 4. The first-order valence-electron chi connectivity index (χ1n) is 8.43. The lowest BCUT2D eigenvalue weighted by Crippen LogP contribution is -2.07. The topological polar surface area (TPSA) is 105 Å². The Morgan fingerprint density at radius 2 is 1.65 bits per heavy atom. The number of phenols is 1. The van der Waals surface area contributed by atoms with Gasteiger partial charge in [0, 0.05) is 39.8 Å². The Labute approximate surface area is 193 Å². The minimum absolute atomic E-state index is 0.0404. The van der Waals surface area contributed by atoms with Crippen molar-refractivity contribution in [1.82, 2.24) is 0 Å². The zero-order valence-electron chi connectivity index (χ0n) is 15.0. The summed E-state index contributed by atoms with van der Waals surface area (Å²) in [5.41, 5.74) is -0.596. The Kier molecular flexibility index (Phi) is 5.35. The minimum atomic E-state index is -1.40. The predicted octanol–water partition coefficient (Wildman–Crippen LogP) is 6.39. The smallest absolute Gasteiger partial charge is 0.337 e. The first-order chi connectivity index (χ1) is 14.6. The number of fused-ring (bicyclic) bond motifs is 2. The average molecular weight is 498 g/mol. The second-order valence-corrected chi connectivity index (χ2v) is 8.09. The Bertz CT molecular complexity index is 1460. The van der Waals surface area contributed by atoms with Crippen molar-refractivity contribution in [3.63, 3.8) is 0 Å². The molecule has 4 rings (SSSR count). The molecule has 0 bridgehead atoms. The van der Waals surface area contributed by atoms with Crippen LogP contribution in [-0.4, -0.2) is 22.5 Å². The van der Waals surface area contributed by atoms with Gasteiger partial charge < -0.3 is 14.6 Å². The Hall–Kier alpha value is -2.77. The van der Waals surface area contributed by atoms with Gasteiger partial charge in [0.25, 0.3) is 0 Å². The van der Waals surface area contributed by atoms with E-state index in [9.17, 15) is 24.6 Å². The summed E-state index contributed by atoms with van der Waals surface area (Å²) >= 11 is 24.8. The third kappa shape index (κ3) is 3.42. The summed E-state index contributed by atoms with van der Waals surface area (Å²) in [5.74, 6) is -1.67. The highest BCUT2D eigenvalue weighted by atomic mass is 35.5. The number of hydrogen-bond donors (Lipinski definition) is 2.